The van der Waals surface area contributed by atoms with E-state index in [9.17, 15) is 9.59 Å². The number of benzene rings is 2. The molecule has 0 aliphatic rings. The molecule has 0 saturated heterocycles. The van der Waals surface area contributed by atoms with Gasteiger partial charge in [-0.1, -0.05) is 12.1 Å². The number of carbonyl (C=O) groups excluding carboxylic acids is 2. The van der Waals surface area contributed by atoms with Gasteiger partial charge in [-0.25, -0.2) is 4.79 Å². The first-order chi connectivity index (χ1) is 12.5. The van der Waals surface area contributed by atoms with Crippen LogP contribution in [0.15, 0.2) is 42.5 Å². The minimum absolute atomic E-state index is 0.0520. The fourth-order valence-corrected chi connectivity index (χ4v) is 2.43. The summed E-state index contributed by atoms with van der Waals surface area (Å²) in [6.07, 6.45) is 0.942. The van der Waals surface area contributed by atoms with Crippen LogP contribution in [0.3, 0.4) is 0 Å². The SMILES string of the molecule is COC(=O)c1ccc(CNC(=O)CCc2cc(OC)cc(OC)c2)cc1. The molecule has 0 saturated carbocycles. The van der Waals surface area contributed by atoms with Gasteiger partial charge in [0, 0.05) is 19.0 Å². The smallest absolute Gasteiger partial charge is 0.337 e. The van der Waals surface area contributed by atoms with Gasteiger partial charge in [0.05, 0.1) is 26.9 Å². The molecule has 6 heteroatoms. The quantitative estimate of drug-likeness (QED) is 0.736. The highest BCUT2D eigenvalue weighted by Gasteiger charge is 2.07. The molecule has 0 radical (unpaired) electrons. The Morgan fingerprint density at radius 1 is 0.885 bits per heavy atom. The molecule has 26 heavy (non-hydrogen) atoms. The van der Waals surface area contributed by atoms with Crippen molar-refractivity contribution in [1.29, 1.82) is 0 Å². The van der Waals surface area contributed by atoms with E-state index in [1.54, 1.807) is 44.6 Å². The minimum atomic E-state index is -0.380. The highest BCUT2D eigenvalue weighted by Crippen LogP contribution is 2.23. The van der Waals surface area contributed by atoms with Crippen molar-refractivity contribution in [3.63, 3.8) is 0 Å². The predicted octanol–water partition coefficient (Wildman–Crippen LogP) is 2.74. The van der Waals surface area contributed by atoms with E-state index in [0.717, 1.165) is 11.1 Å². The molecule has 1 amide bonds. The summed E-state index contributed by atoms with van der Waals surface area (Å²) in [5, 5.41) is 2.87. The molecule has 0 fully saturated rings. The highest BCUT2D eigenvalue weighted by molar-refractivity contribution is 5.89. The van der Waals surface area contributed by atoms with Crippen molar-refractivity contribution < 1.29 is 23.8 Å². The van der Waals surface area contributed by atoms with E-state index >= 15 is 0 Å². The average molecular weight is 357 g/mol. The largest absolute Gasteiger partial charge is 0.497 e. The second kappa shape index (κ2) is 9.46. The maximum atomic E-state index is 12.1. The third-order valence-corrected chi connectivity index (χ3v) is 3.92. The van der Waals surface area contributed by atoms with E-state index < -0.39 is 0 Å². The minimum Gasteiger partial charge on any atom is -0.497 e. The number of amides is 1. The molecule has 6 nitrogen and oxygen atoms in total. The van der Waals surface area contributed by atoms with Gasteiger partial charge >= 0.3 is 5.97 Å². The van der Waals surface area contributed by atoms with Crippen molar-refractivity contribution in [1.82, 2.24) is 5.32 Å². The monoisotopic (exact) mass is 357 g/mol. The topological polar surface area (TPSA) is 73.9 Å². The summed E-state index contributed by atoms with van der Waals surface area (Å²) in [5.41, 5.74) is 2.36. The van der Waals surface area contributed by atoms with Crippen LogP contribution in [0.4, 0.5) is 0 Å². The first-order valence-electron chi connectivity index (χ1n) is 8.21. The lowest BCUT2D eigenvalue weighted by atomic mass is 10.1. The molecule has 2 rings (SSSR count). The first-order valence-corrected chi connectivity index (χ1v) is 8.21. The van der Waals surface area contributed by atoms with Gasteiger partial charge < -0.3 is 19.5 Å². The highest BCUT2D eigenvalue weighted by atomic mass is 16.5. The molecule has 0 atom stereocenters. The molecule has 0 unspecified atom stereocenters. The number of carbonyl (C=O) groups is 2. The van der Waals surface area contributed by atoms with Crippen LogP contribution >= 0.6 is 0 Å². The average Bonchev–Trinajstić information content (AvgIpc) is 2.70. The van der Waals surface area contributed by atoms with Gasteiger partial charge in [-0.2, -0.15) is 0 Å². The van der Waals surface area contributed by atoms with Gasteiger partial charge in [-0.15, -0.1) is 0 Å². The zero-order chi connectivity index (χ0) is 18.9. The lowest BCUT2D eigenvalue weighted by Crippen LogP contribution is -2.23. The summed E-state index contributed by atoms with van der Waals surface area (Å²) in [5.74, 6) is 0.967. The van der Waals surface area contributed by atoms with Gasteiger partial charge in [0.25, 0.3) is 0 Å². The fourth-order valence-electron chi connectivity index (χ4n) is 2.43. The maximum Gasteiger partial charge on any atom is 0.337 e. The Hall–Kier alpha value is -3.02. The molecule has 0 bridgehead atoms. The second-order valence-corrected chi connectivity index (χ2v) is 5.69. The molecule has 0 heterocycles. The Morgan fingerprint density at radius 3 is 2.04 bits per heavy atom. The molecule has 2 aromatic rings. The third-order valence-electron chi connectivity index (χ3n) is 3.92. The van der Waals surface area contributed by atoms with Gasteiger partial charge in [0.15, 0.2) is 0 Å². The second-order valence-electron chi connectivity index (χ2n) is 5.69. The number of nitrogens with one attached hydrogen (secondary N) is 1. The number of ether oxygens (including phenoxy) is 3. The summed E-state index contributed by atoms with van der Waals surface area (Å²) < 4.78 is 15.1. The van der Waals surface area contributed by atoms with Crippen molar-refractivity contribution in [3.05, 3.63) is 59.2 Å². The molecule has 0 aromatic heterocycles. The third kappa shape index (κ3) is 5.51. The molecule has 138 valence electrons. The van der Waals surface area contributed by atoms with Crippen molar-refractivity contribution in [3.8, 4) is 11.5 Å². The molecule has 2 aromatic carbocycles. The molecule has 0 aliphatic heterocycles. The summed E-state index contributed by atoms with van der Waals surface area (Å²) in [7, 11) is 4.53. The first kappa shape index (κ1) is 19.3. The van der Waals surface area contributed by atoms with Crippen LogP contribution in [0, 0.1) is 0 Å². The van der Waals surface area contributed by atoms with Gasteiger partial charge in [0.2, 0.25) is 5.91 Å². The van der Waals surface area contributed by atoms with Crippen molar-refractivity contribution in [2.75, 3.05) is 21.3 Å². The molecule has 0 spiro atoms. The van der Waals surface area contributed by atoms with E-state index in [1.807, 2.05) is 12.1 Å². The van der Waals surface area contributed by atoms with Crippen LogP contribution in [0.2, 0.25) is 0 Å². The lowest BCUT2D eigenvalue weighted by Gasteiger charge is -2.09. The predicted molar refractivity (Wildman–Crippen MR) is 97.5 cm³/mol. The van der Waals surface area contributed by atoms with Gasteiger partial charge in [-0.05, 0) is 41.8 Å². The van der Waals surface area contributed by atoms with Gasteiger partial charge in [-0.3, -0.25) is 4.79 Å². The Balaban J connectivity index is 1.84. The number of hydrogen-bond acceptors (Lipinski definition) is 5. The molecule has 1 N–H and O–H groups in total. The summed E-state index contributed by atoms with van der Waals surface area (Å²) >= 11 is 0. The van der Waals surface area contributed by atoms with Crippen LogP contribution in [-0.2, 0) is 22.5 Å². The maximum absolute atomic E-state index is 12.1. The number of methoxy groups -OCH3 is 3. The Morgan fingerprint density at radius 2 is 1.50 bits per heavy atom. The van der Waals surface area contributed by atoms with Crippen molar-refractivity contribution in [2.45, 2.75) is 19.4 Å². The van der Waals surface area contributed by atoms with Crippen LogP contribution in [0.1, 0.15) is 27.9 Å². The van der Waals surface area contributed by atoms with Crippen LogP contribution in [0.25, 0.3) is 0 Å². The van der Waals surface area contributed by atoms with Crippen molar-refractivity contribution >= 4 is 11.9 Å². The van der Waals surface area contributed by atoms with E-state index in [2.05, 4.69) is 10.1 Å². The summed E-state index contributed by atoms with van der Waals surface area (Å²) in [6, 6.07) is 12.5. The number of aryl methyl sites for hydroxylation is 1. The fraction of sp³-hybridized carbons (Fsp3) is 0.300. The summed E-state index contributed by atoms with van der Waals surface area (Å²) in [6.45, 7) is 0.404. The standard InChI is InChI=1S/C20H23NO5/c1-24-17-10-15(11-18(12-17)25-2)6-9-19(22)21-13-14-4-7-16(8-5-14)20(23)26-3/h4-5,7-8,10-12H,6,9,13H2,1-3H3,(H,21,22). The van der Waals surface area contributed by atoms with E-state index in [0.29, 0.717) is 36.4 Å². The van der Waals surface area contributed by atoms with Crippen LogP contribution in [-0.4, -0.2) is 33.2 Å². The van der Waals surface area contributed by atoms with Crippen LogP contribution in [0.5, 0.6) is 11.5 Å². The van der Waals surface area contributed by atoms with Crippen LogP contribution < -0.4 is 14.8 Å². The Labute approximate surface area is 153 Å². The van der Waals surface area contributed by atoms with Crippen molar-refractivity contribution in [2.24, 2.45) is 0 Å². The lowest BCUT2D eigenvalue weighted by molar-refractivity contribution is -0.121. The van der Waals surface area contributed by atoms with E-state index in [1.165, 1.54) is 7.11 Å². The zero-order valence-corrected chi connectivity index (χ0v) is 15.2. The van der Waals surface area contributed by atoms with E-state index in [-0.39, 0.29) is 11.9 Å². The number of esters is 1. The molecular formula is C20H23NO5. The normalized spacial score (nSPS) is 10.1. The van der Waals surface area contributed by atoms with E-state index in [4.69, 9.17) is 9.47 Å². The zero-order valence-electron chi connectivity index (χ0n) is 15.2. The molecule has 0 aliphatic carbocycles. The Bertz CT molecular complexity index is 733. The van der Waals surface area contributed by atoms with Gasteiger partial charge in [0.1, 0.15) is 11.5 Å². The summed E-state index contributed by atoms with van der Waals surface area (Å²) in [4.78, 5) is 23.5. The number of hydrogen-bond donors (Lipinski definition) is 1. The Kier molecular flexibility index (Phi) is 7.02. The molecular weight excluding hydrogens is 334 g/mol. The number of rotatable bonds is 8.